The second kappa shape index (κ2) is 7.73. The van der Waals surface area contributed by atoms with E-state index in [4.69, 9.17) is 5.11 Å². The van der Waals surface area contributed by atoms with Crippen molar-refractivity contribution >= 4 is 34.8 Å². The van der Waals surface area contributed by atoms with E-state index in [1.807, 2.05) is 37.3 Å². The van der Waals surface area contributed by atoms with E-state index in [1.54, 1.807) is 12.4 Å². The quantitative estimate of drug-likeness (QED) is 0.584. The molecule has 8 nitrogen and oxygen atoms in total. The third-order valence-corrected chi connectivity index (χ3v) is 4.85. The minimum Gasteiger partial charge on any atom is -0.480 e. The third kappa shape index (κ3) is 4.49. The zero-order chi connectivity index (χ0) is 20.3. The van der Waals surface area contributed by atoms with Crippen LogP contribution in [0.5, 0.6) is 0 Å². The van der Waals surface area contributed by atoms with Gasteiger partial charge in [-0.15, -0.1) is 11.3 Å². The molecule has 0 fully saturated rings. The molecule has 9 heteroatoms. The zero-order valence-corrected chi connectivity index (χ0v) is 16.4. The first-order valence-electron chi connectivity index (χ1n) is 8.43. The molecule has 3 rings (SSSR count). The van der Waals surface area contributed by atoms with Gasteiger partial charge >= 0.3 is 5.97 Å². The first kappa shape index (κ1) is 19.4. The van der Waals surface area contributed by atoms with E-state index >= 15 is 0 Å². The summed E-state index contributed by atoms with van der Waals surface area (Å²) in [5.41, 5.74) is 0.342. The van der Waals surface area contributed by atoms with Crippen LogP contribution in [0, 0.1) is 6.92 Å². The molecule has 0 saturated heterocycles. The fourth-order valence-electron chi connectivity index (χ4n) is 2.27. The van der Waals surface area contributed by atoms with Crippen LogP contribution in [0.2, 0.25) is 0 Å². The number of nitrogens with zero attached hydrogens (tertiary/aromatic N) is 3. The van der Waals surface area contributed by atoms with Crippen molar-refractivity contribution in [2.75, 3.05) is 5.32 Å². The monoisotopic (exact) mass is 397 g/mol. The molecule has 0 aromatic carbocycles. The maximum absolute atomic E-state index is 12.3. The molecule has 0 spiro atoms. The van der Waals surface area contributed by atoms with E-state index in [9.17, 15) is 9.59 Å². The molecule has 3 N–H and O–H groups in total. The highest BCUT2D eigenvalue weighted by atomic mass is 32.1. The Morgan fingerprint density at radius 1 is 1.14 bits per heavy atom. The summed E-state index contributed by atoms with van der Waals surface area (Å²) in [6.07, 6.45) is 3.26. The number of aryl methyl sites for hydroxylation is 1. The number of hydrogen-bond acceptors (Lipinski definition) is 7. The number of carboxylic acid groups (broad SMARTS) is 1. The normalized spacial score (nSPS) is 11.1. The maximum Gasteiger partial charge on any atom is 0.328 e. The van der Waals surface area contributed by atoms with Crippen LogP contribution in [0.25, 0.3) is 10.6 Å². The number of hydrogen-bond donors (Lipinski definition) is 3. The Morgan fingerprint density at radius 3 is 2.64 bits per heavy atom. The summed E-state index contributed by atoms with van der Waals surface area (Å²) in [6.45, 7) is 4.81. The molecule has 0 radical (unpaired) electrons. The minimum atomic E-state index is -1.38. The predicted octanol–water partition coefficient (Wildman–Crippen LogP) is 3.25. The van der Waals surface area contributed by atoms with Gasteiger partial charge in [-0.25, -0.2) is 19.7 Å². The van der Waals surface area contributed by atoms with Crippen LogP contribution in [0.15, 0.2) is 42.7 Å². The standard InChI is InChI=1S/C19H19N5O3S/c1-11-7-8-20-15(9-11)23-14-6-4-5-12(22-14)13-10-21-17(28-13)16(25)24-19(2,3)18(26)27/h4-10H,1-3H3,(H,24,25)(H,26,27)(H,20,22,23). The highest BCUT2D eigenvalue weighted by molar-refractivity contribution is 7.16. The molecule has 0 atom stereocenters. The lowest BCUT2D eigenvalue weighted by Gasteiger charge is -2.19. The van der Waals surface area contributed by atoms with Crippen LogP contribution >= 0.6 is 11.3 Å². The number of aliphatic carboxylic acids is 1. The molecule has 3 heterocycles. The van der Waals surface area contributed by atoms with Crippen molar-refractivity contribution in [3.63, 3.8) is 0 Å². The average molecular weight is 397 g/mol. The first-order chi connectivity index (χ1) is 13.2. The van der Waals surface area contributed by atoms with Crippen LogP contribution in [-0.4, -0.2) is 37.5 Å². The number of rotatable bonds is 6. The summed E-state index contributed by atoms with van der Waals surface area (Å²) in [5, 5.41) is 14.9. The fraction of sp³-hybridized carbons (Fsp3) is 0.211. The van der Waals surface area contributed by atoms with Gasteiger partial charge in [-0.3, -0.25) is 4.79 Å². The molecule has 3 aromatic rings. The number of anilines is 2. The lowest BCUT2D eigenvalue weighted by molar-refractivity contribution is -0.143. The molecule has 0 saturated carbocycles. The van der Waals surface area contributed by atoms with Gasteiger partial charge in [-0.05, 0) is 50.6 Å². The number of nitrogens with one attached hydrogen (secondary N) is 2. The Hall–Kier alpha value is -3.33. The van der Waals surface area contributed by atoms with Crippen LogP contribution in [-0.2, 0) is 4.79 Å². The van der Waals surface area contributed by atoms with Gasteiger partial charge in [0.1, 0.15) is 17.2 Å². The summed E-state index contributed by atoms with van der Waals surface area (Å²) >= 11 is 1.14. The molecule has 0 unspecified atom stereocenters. The number of pyridine rings is 2. The van der Waals surface area contributed by atoms with Crippen molar-refractivity contribution in [1.82, 2.24) is 20.3 Å². The Kier molecular flexibility index (Phi) is 5.36. The number of amides is 1. The Labute approximate surface area is 165 Å². The molecular formula is C19H19N5O3S. The number of thiazole rings is 1. The lowest BCUT2D eigenvalue weighted by Crippen LogP contribution is -2.49. The summed E-state index contributed by atoms with van der Waals surface area (Å²) in [4.78, 5) is 37.0. The second-order valence-corrected chi connectivity index (χ2v) is 7.70. The lowest BCUT2D eigenvalue weighted by atomic mass is 10.1. The van der Waals surface area contributed by atoms with Gasteiger partial charge in [-0.1, -0.05) is 6.07 Å². The van der Waals surface area contributed by atoms with Gasteiger partial charge in [0.25, 0.3) is 5.91 Å². The third-order valence-electron chi connectivity index (χ3n) is 3.83. The predicted molar refractivity (Wildman–Crippen MR) is 107 cm³/mol. The zero-order valence-electron chi connectivity index (χ0n) is 15.6. The molecular weight excluding hydrogens is 378 g/mol. The largest absolute Gasteiger partial charge is 0.480 e. The van der Waals surface area contributed by atoms with E-state index in [2.05, 4.69) is 25.6 Å². The Morgan fingerprint density at radius 2 is 1.93 bits per heavy atom. The first-order valence-corrected chi connectivity index (χ1v) is 9.25. The number of aromatic nitrogens is 3. The van der Waals surface area contributed by atoms with E-state index in [0.29, 0.717) is 22.2 Å². The molecule has 0 bridgehead atoms. The summed E-state index contributed by atoms with van der Waals surface area (Å²) in [5.74, 6) is -0.364. The Bertz CT molecular complexity index is 1030. The molecule has 144 valence electrons. The molecule has 0 aliphatic heterocycles. The highest BCUT2D eigenvalue weighted by Crippen LogP contribution is 2.26. The van der Waals surface area contributed by atoms with Crippen LogP contribution in [0.4, 0.5) is 11.6 Å². The average Bonchev–Trinajstić information content (AvgIpc) is 3.12. The topological polar surface area (TPSA) is 117 Å². The van der Waals surface area contributed by atoms with Crippen LogP contribution in [0.1, 0.15) is 29.2 Å². The fourth-order valence-corrected chi connectivity index (χ4v) is 3.05. The Balaban J connectivity index is 1.78. The van der Waals surface area contributed by atoms with Gasteiger partial charge < -0.3 is 15.7 Å². The molecule has 0 aliphatic carbocycles. The van der Waals surface area contributed by atoms with Gasteiger partial charge in [0.15, 0.2) is 5.01 Å². The molecule has 0 aliphatic rings. The molecule has 1 amide bonds. The van der Waals surface area contributed by atoms with E-state index in [0.717, 1.165) is 16.9 Å². The van der Waals surface area contributed by atoms with Crippen molar-refractivity contribution in [3.8, 4) is 10.6 Å². The number of carbonyl (C=O) groups is 2. The summed E-state index contributed by atoms with van der Waals surface area (Å²) < 4.78 is 0. The van der Waals surface area contributed by atoms with Crippen molar-refractivity contribution in [2.24, 2.45) is 0 Å². The van der Waals surface area contributed by atoms with Crippen molar-refractivity contribution in [2.45, 2.75) is 26.3 Å². The number of carbonyl (C=O) groups excluding carboxylic acids is 1. The SMILES string of the molecule is Cc1ccnc(Nc2cccc(-c3cnc(C(=O)NC(C)(C)C(=O)O)s3)n2)c1. The van der Waals surface area contributed by atoms with Crippen LogP contribution < -0.4 is 10.6 Å². The van der Waals surface area contributed by atoms with Gasteiger partial charge in [0.2, 0.25) is 0 Å². The van der Waals surface area contributed by atoms with Gasteiger partial charge in [0, 0.05) is 12.4 Å². The maximum atomic E-state index is 12.3. The smallest absolute Gasteiger partial charge is 0.328 e. The summed E-state index contributed by atoms with van der Waals surface area (Å²) in [7, 11) is 0. The van der Waals surface area contributed by atoms with E-state index < -0.39 is 17.4 Å². The second-order valence-electron chi connectivity index (χ2n) is 6.67. The van der Waals surface area contributed by atoms with Crippen molar-refractivity contribution in [3.05, 3.63) is 53.3 Å². The molecule has 3 aromatic heterocycles. The van der Waals surface area contributed by atoms with Crippen molar-refractivity contribution < 1.29 is 14.7 Å². The van der Waals surface area contributed by atoms with Crippen LogP contribution in [0.3, 0.4) is 0 Å². The van der Waals surface area contributed by atoms with E-state index in [-0.39, 0.29) is 5.01 Å². The number of carboxylic acids is 1. The van der Waals surface area contributed by atoms with Gasteiger partial charge in [0.05, 0.1) is 10.6 Å². The van der Waals surface area contributed by atoms with Gasteiger partial charge in [-0.2, -0.15) is 0 Å². The minimum absolute atomic E-state index is 0.171. The van der Waals surface area contributed by atoms with E-state index in [1.165, 1.54) is 13.8 Å². The molecule has 28 heavy (non-hydrogen) atoms. The summed E-state index contributed by atoms with van der Waals surface area (Å²) in [6, 6.07) is 9.29. The van der Waals surface area contributed by atoms with Crippen molar-refractivity contribution in [1.29, 1.82) is 0 Å². The highest BCUT2D eigenvalue weighted by Gasteiger charge is 2.30.